The zero-order valence-corrected chi connectivity index (χ0v) is 11.1. The van der Waals surface area contributed by atoms with Gasteiger partial charge in [0.05, 0.1) is 18.8 Å². The van der Waals surface area contributed by atoms with Gasteiger partial charge in [0, 0.05) is 23.5 Å². The van der Waals surface area contributed by atoms with Gasteiger partial charge in [0.1, 0.15) is 5.75 Å². The van der Waals surface area contributed by atoms with E-state index in [4.69, 9.17) is 4.74 Å². The maximum Gasteiger partial charge on any atom is 0.129 e. The number of aryl methyl sites for hydroxylation is 1. The molecule has 0 aliphatic rings. The lowest BCUT2D eigenvalue weighted by Gasteiger charge is -2.16. The summed E-state index contributed by atoms with van der Waals surface area (Å²) in [4.78, 5) is 1.24. The maximum absolute atomic E-state index is 5.23. The lowest BCUT2D eigenvalue weighted by molar-refractivity contribution is 0.416. The van der Waals surface area contributed by atoms with Gasteiger partial charge in [-0.1, -0.05) is 6.92 Å². The minimum Gasteiger partial charge on any atom is -0.496 e. The fourth-order valence-electron chi connectivity index (χ4n) is 1.82. The Hall–Kier alpha value is -1.33. The molecule has 92 valence electrons. The van der Waals surface area contributed by atoms with E-state index in [1.807, 2.05) is 29.4 Å². The van der Waals surface area contributed by atoms with Crippen molar-refractivity contribution in [2.24, 2.45) is 7.05 Å². The second kappa shape index (κ2) is 5.33. The highest BCUT2D eigenvalue weighted by molar-refractivity contribution is 7.10. The third kappa shape index (κ3) is 2.50. The van der Waals surface area contributed by atoms with Crippen molar-refractivity contribution in [3.05, 3.63) is 34.3 Å². The van der Waals surface area contributed by atoms with Crippen LogP contribution >= 0.6 is 11.3 Å². The molecule has 0 aromatic carbocycles. The molecule has 0 fully saturated rings. The van der Waals surface area contributed by atoms with Crippen LogP contribution in [0.4, 0.5) is 0 Å². The molecule has 1 atom stereocenters. The highest BCUT2D eigenvalue weighted by Crippen LogP contribution is 2.30. The third-order valence-corrected chi connectivity index (χ3v) is 3.65. The average molecular weight is 251 g/mol. The second-order valence-corrected chi connectivity index (χ2v) is 4.70. The SMILES string of the molecule is CCNC(c1cc(OC)cs1)c1ccnn1C. The van der Waals surface area contributed by atoms with E-state index in [1.54, 1.807) is 18.4 Å². The summed E-state index contributed by atoms with van der Waals surface area (Å²) in [6, 6.07) is 4.30. The van der Waals surface area contributed by atoms with E-state index < -0.39 is 0 Å². The summed E-state index contributed by atoms with van der Waals surface area (Å²) in [5.74, 6) is 0.912. The fraction of sp³-hybridized carbons (Fsp3) is 0.417. The zero-order valence-electron chi connectivity index (χ0n) is 10.3. The van der Waals surface area contributed by atoms with Crippen molar-refractivity contribution in [1.82, 2.24) is 15.1 Å². The number of rotatable bonds is 5. The van der Waals surface area contributed by atoms with E-state index in [0.29, 0.717) is 0 Å². The van der Waals surface area contributed by atoms with Crippen molar-refractivity contribution < 1.29 is 4.74 Å². The Kier molecular flexibility index (Phi) is 3.81. The first-order valence-electron chi connectivity index (χ1n) is 5.60. The van der Waals surface area contributed by atoms with E-state index in [-0.39, 0.29) is 6.04 Å². The minimum atomic E-state index is 0.182. The highest BCUT2D eigenvalue weighted by atomic mass is 32.1. The van der Waals surface area contributed by atoms with Crippen molar-refractivity contribution in [3.8, 4) is 5.75 Å². The van der Waals surface area contributed by atoms with Crippen LogP contribution in [0.1, 0.15) is 23.5 Å². The van der Waals surface area contributed by atoms with Crippen LogP contribution in [-0.4, -0.2) is 23.4 Å². The lowest BCUT2D eigenvalue weighted by Crippen LogP contribution is -2.23. The Bertz CT molecular complexity index is 478. The molecule has 1 unspecified atom stereocenters. The van der Waals surface area contributed by atoms with Crippen molar-refractivity contribution in [2.75, 3.05) is 13.7 Å². The van der Waals surface area contributed by atoms with Crippen molar-refractivity contribution in [1.29, 1.82) is 0 Å². The summed E-state index contributed by atoms with van der Waals surface area (Å²) in [5, 5.41) is 9.72. The minimum absolute atomic E-state index is 0.182. The molecule has 0 aliphatic carbocycles. The van der Waals surface area contributed by atoms with Gasteiger partial charge in [-0.05, 0) is 18.7 Å². The van der Waals surface area contributed by atoms with E-state index >= 15 is 0 Å². The summed E-state index contributed by atoms with van der Waals surface area (Å²) >= 11 is 1.70. The normalized spacial score (nSPS) is 12.6. The molecular formula is C12H17N3OS. The van der Waals surface area contributed by atoms with Gasteiger partial charge in [-0.15, -0.1) is 11.3 Å². The Morgan fingerprint density at radius 3 is 2.94 bits per heavy atom. The van der Waals surface area contributed by atoms with E-state index in [0.717, 1.165) is 18.0 Å². The molecule has 1 N–H and O–H groups in total. The van der Waals surface area contributed by atoms with Crippen molar-refractivity contribution in [3.63, 3.8) is 0 Å². The number of methoxy groups -OCH3 is 1. The van der Waals surface area contributed by atoms with Crippen LogP contribution in [0.5, 0.6) is 5.75 Å². The Labute approximate surface area is 105 Å². The first-order chi connectivity index (χ1) is 8.26. The van der Waals surface area contributed by atoms with Gasteiger partial charge in [0.15, 0.2) is 0 Å². The van der Waals surface area contributed by atoms with Gasteiger partial charge in [-0.3, -0.25) is 4.68 Å². The fourth-order valence-corrected chi connectivity index (χ4v) is 2.76. The number of nitrogens with one attached hydrogen (secondary N) is 1. The zero-order chi connectivity index (χ0) is 12.3. The largest absolute Gasteiger partial charge is 0.496 e. The van der Waals surface area contributed by atoms with Gasteiger partial charge >= 0.3 is 0 Å². The van der Waals surface area contributed by atoms with Gasteiger partial charge in [0.2, 0.25) is 0 Å². The molecule has 17 heavy (non-hydrogen) atoms. The number of aromatic nitrogens is 2. The quantitative estimate of drug-likeness (QED) is 0.885. The van der Waals surface area contributed by atoms with E-state index in [9.17, 15) is 0 Å². The summed E-state index contributed by atoms with van der Waals surface area (Å²) in [7, 11) is 3.66. The Morgan fingerprint density at radius 2 is 2.41 bits per heavy atom. The molecule has 5 heteroatoms. The first-order valence-corrected chi connectivity index (χ1v) is 6.48. The molecule has 0 saturated carbocycles. The number of hydrogen-bond donors (Lipinski definition) is 1. The van der Waals surface area contributed by atoms with Crippen LogP contribution in [0, 0.1) is 0 Å². The summed E-state index contributed by atoms with van der Waals surface area (Å²) in [6.45, 7) is 3.02. The molecule has 0 saturated heterocycles. The number of hydrogen-bond acceptors (Lipinski definition) is 4. The van der Waals surface area contributed by atoms with E-state index in [1.165, 1.54) is 4.88 Å². The van der Waals surface area contributed by atoms with Gasteiger partial charge in [-0.25, -0.2) is 0 Å². The van der Waals surface area contributed by atoms with Gasteiger partial charge < -0.3 is 10.1 Å². The predicted octanol–water partition coefficient (Wildman–Crippen LogP) is 2.19. The summed E-state index contributed by atoms with van der Waals surface area (Å²) < 4.78 is 7.13. The van der Waals surface area contributed by atoms with Crippen molar-refractivity contribution >= 4 is 11.3 Å². The Balaban J connectivity index is 2.32. The highest BCUT2D eigenvalue weighted by Gasteiger charge is 2.18. The van der Waals surface area contributed by atoms with Crippen LogP contribution in [0.3, 0.4) is 0 Å². The molecule has 2 rings (SSSR count). The Morgan fingerprint density at radius 1 is 1.59 bits per heavy atom. The topological polar surface area (TPSA) is 39.1 Å². The molecule has 2 aromatic heterocycles. The van der Waals surface area contributed by atoms with Gasteiger partial charge in [-0.2, -0.15) is 5.10 Å². The second-order valence-electron chi connectivity index (χ2n) is 3.76. The monoisotopic (exact) mass is 251 g/mol. The molecule has 0 bridgehead atoms. The molecule has 2 aromatic rings. The molecule has 4 nitrogen and oxygen atoms in total. The smallest absolute Gasteiger partial charge is 0.129 e. The van der Waals surface area contributed by atoms with Gasteiger partial charge in [0.25, 0.3) is 0 Å². The standard InChI is InChI=1S/C12H17N3OS/c1-4-13-12(10-5-6-14-15(10)2)11-7-9(16-3)8-17-11/h5-8,12-13H,4H2,1-3H3. The number of nitrogens with zero attached hydrogens (tertiary/aromatic N) is 2. The van der Waals surface area contributed by atoms with Crippen molar-refractivity contribution in [2.45, 2.75) is 13.0 Å². The summed E-state index contributed by atoms with van der Waals surface area (Å²) in [6.07, 6.45) is 1.82. The number of thiophene rings is 1. The molecule has 0 amide bonds. The molecule has 0 aliphatic heterocycles. The van der Waals surface area contributed by atoms with Crippen LogP contribution < -0.4 is 10.1 Å². The number of ether oxygens (including phenoxy) is 1. The van der Waals surface area contributed by atoms with Crippen LogP contribution in [0.15, 0.2) is 23.7 Å². The third-order valence-electron chi connectivity index (χ3n) is 2.68. The average Bonchev–Trinajstić information content (AvgIpc) is 2.95. The summed E-state index contributed by atoms with van der Waals surface area (Å²) in [5.41, 5.74) is 1.16. The molecule has 0 spiro atoms. The molecule has 2 heterocycles. The van der Waals surface area contributed by atoms with E-state index in [2.05, 4.69) is 23.4 Å². The van der Waals surface area contributed by atoms with Crippen LogP contribution in [0.2, 0.25) is 0 Å². The van der Waals surface area contributed by atoms with Crippen LogP contribution in [-0.2, 0) is 7.05 Å². The first kappa shape index (κ1) is 12.1. The van der Waals surface area contributed by atoms with Crippen LogP contribution in [0.25, 0.3) is 0 Å². The molecule has 0 radical (unpaired) electrons. The maximum atomic E-state index is 5.23. The molecular weight excluding hydrogens is 234 g/mol. The lowest BCUT2D eigenvalue weighted by atomic mass is 10.1. The predicted molar refractivity (Wildman–Crippen MR) is 69.6 cm³/mol.